The van der Waals surface area contributed by atoms with E-state index in [9.17, 15) is 27.6 Å². The SMILES string of the molecule is CCCCOc1ccc(/C=C2\SC(=O)N(Cc3ccc(C(=O)Nc4cc(C(F)(F)F)ccc4Cl)cc3)C2=O)cc1OC. The predicted octanol–water partition coefficient (Wildman–Crippen LogP) is 8.04. The molecule has 42 heavy (non-hydrogen) atoms. The molecule has 0 aliphatic carbocycles. The average molecular weight is 619 g/mol. The van der Waals surface area contributed by atoms with Gasteiger partial charge in [-0.05, 0) is 77.9 Å². The summed E-state index contributed by atoms with van der Waals surface area (Å²) in [5.74, 6) is -0.0351. The van der Waals surface area contributed by atoms with E-state index < -0.39 is 28.8 Å². The van der Waals surface area contributed by atoms with E-state index in [0.29, 0.717) is 29.2 Å². The van der Waals surface area contributed by atoms with Crippen molar-refractivity contribution in [2.24, 2.45) is 0 Å². The lowest BCUT2D eigenvalue weighted by Gasteiger charge is -2.14. The van der Waals surface area contributed by atoms with Crippen molar-refractivity contribution < 1.29 is 37.0 Å². The Kier molecular flexibility index (Phi) is 9.85. The molecule has 0 radical (unpaired) electrons. The number of anilines is 1. The number of unbranched alkanes of at least 4 members (excludes halogenated alkanes) is 1. The number of thioether (sulfide) groups is 1. The first kappa shape index (κ1) is 31.0. The molecule has 0 unspecified atom stereocenters. The summed E-state index contributed by atoms with van der Waals surface area (Å²) >= 11 is 6.78. The molecule has 0 saturated carbocycles. The maximum absolute atomic E-state index is 13.0. The van der Waals surface area contributed by atoms with Crippen LogP contribution in [0.3, 0.4) is 0 Å². The standard InChI is InChI=1S/C30H26ClF3N2O5S/c1-3-4-13-41-24-12-7-19(14-25(24)40-2)15-26-28(38)36(29(39)42-26)17-18-5-8-20(9-6-18)27(37)35-23-16-21(30(32,33)34)10-11-22(23)31/h5-12,14-16H,3-4,13,17H2,1-2H3,(H,35,37)/b26-15-. The molecule has 12 heteroatoms. The fraction of sp³-hybridized carbons (Fsp3) is 0.233. The molecule has 0 aromatic heterocycles. The Labute approximate surface area is 249 Å². The Hall–Kier alpha value is -3.96. The van der Waals surface area contributed by atoms with Gasteiger partial charge in [-0.1, -0.05) is 43.1 Å². The molecule has 0 spiro atoms. The third-order valence-electron chi connectivity index (χ3n) is 6.21. The van der Waals surface area contributed by atoms with Crippen LogP contribution < -0.4 is 14.8 Å². The number of hydrogen-bond acceptors (Lipinski definition) is 6. The average Bonchev–Trinajstić information content (AvgIpc) is 3.21. The van der Waals surface area contributed by atoms with E-state index in [1.807, 2.05) is 0 Å². The highest BCUT2D eigenvalue weighted by atomic mass is 35.5. The van der Waals surface area contributed by atoms with Gasteiger partial charge in [0.2, 0.25) is 0 Å². The first-order chi connectivity index (χ1) is 20.0. The van der Waals surface area contributed by atoms with Crippen molar-refractivity contribution in [3.8, 4) is 11.5 Å². The van der Waals surface area contributed by atoms with Gasteiger partial charge in [-0.25, -0.2) is 0 Å². The highest BCUT2D eigenvalue weighted by Crippen LogP contribution is 2.36. The van der Waals surface area contributed by atoms with E-state index in [4.69, 9.17) is 21.1 Å². The second kappa shape index (κ2) is 13.3. The fourth-order valence-electron chi connectivity index (χ4n) is 3.94. The Morgan fingerprint density at radius 3 is 2.45 bits per heavy atom. The molecule has 3 aromatic rings. The van der Waals surface area contributed by atoms with Crippen LogP contribution in [-0.2, 0) is 17.5 Å². The minimum atomic E-state index is -4.59. The van der Waals surface area contributed by atoms with Crippen molar-refractivity contribution in [1.29, 1.82) is 0 Å². The zero-order valence-electron chi connectivity index (χ0n) is 22.6. The van der Waals surface area contributed by atoms with Crippen LogP contribution in [0, 0.1) is 0 Å². The van der Waals surface area contributed by atoms with Gasteiger partial charge in [-0.3, -0.25) is 19.3 Å². The van der Waals surface area contributed by atoms with Gasteiger partial charge in [-0.2, -0.15) is 13.2 Å². The van der Waals surface area contributed by atoms with Crippen molar-refractivity contribution >= 4 is 52.2 Å². The zero-order chi connectivity index (χ0) is 30.4. The second-order valence-corrected chi connectivity index (χ2v) is 10.6. The van der Waals surface area contributed by atoms with E-state index in [1.165, 1.54) is 19.2 Å². The van der Waals surface area contributed by atoms with Gasteiger partial charge >= 0.3 is 6.18 Å². The predicted molar refractivity (Wildman–Crippen MR) is 156 cm³/mol. The Morgan fingerprint density at radius 2 is 1.79 bits per heavy atom. The first-order valence-corrected chi connectivity index (χ1v) is 14.0. The van der Waals surface area contributed by atoms with Crippen molar-refractivity contribution in [3.05, 3.63) is 92.8 Å². The molecule has 3 amide bonds. The maximum Gasteiger partial charge on any atom is 0.416 e. The monoisotopic (exact) mass is 618 g/mol. The Balaban J connectivity index is 1.42. The molecule has 0 atom stereocenters. The summed E-state index contributed by atoms with van der Waals surface area (Å²) < 4.78 is 50.2. The molecule has 1 fully saturated rings. The van der Waals surface area contributed by atoms with Crippen LogP contribution in [0.2, 0.25) is 5.02 Å². The summed E-state index contributed by atoms with van der Waals surface area (Å²) in [6, 6.07) is 13.9. The van der Waals surface area contributed by atoms with Gasteiger partial charge in [-0.15, -0.1) is 0 Å². The molecule has 1 saturated heterocycles. The number of halogens is 4. The number of carbonyl (C=O) groups excluding carboxylic acids is 3. The van der Waals surface area contributed by atoms with E-state index >= 15 is 0 Å². The highest BCUT2D eigenvalue weighted by Gasteiger charge is 2.35. The third kappa shape index (κ3) is 7.46. The van der Waals surface area contributed by atoms with Gasteiger partial charge < -0.3 is 14.8 Å². The number of imide groups is 1. The summed E-state index contributed by atoms with van der Waals surface area (Å²) in [6.07, 6.45) is -1.09. The molecule has 1 aliphatic heterocycles. The number of nitrogens with one attached hydrogen (secondary N) is 1. The van der Waals surface area contributed by atoms with Crippen molar-refractivity contribution in [3.63, 3.8) is 0 Å². The molecular formula is C30H26ClF3N2O5S. The number of methoxy groups -OCH3 is 1. The molecular weight excluding hydrogens is 593 g/mol. The smallest absolute Gasteiger partial charge is 0.416 e. The lowest BCUT2D eigenvalue weighted by atomic mass is 10.1. The van der Waals surface area contributed by atoms with Crippen LogP contribution >= 0.6 is 23.4 Å². The Morgan fingerprint density at radius 1 is 1.05 bits per heavy atom. The van der Waals surface area contributed by atoms with Gasteiger partial charge in [0, 0.05) is 5.56 Å². The molecule has 1 heterocycles. The van der Waals surface area contributed by atoms with Crippen molar-refractivity contribution in [2.45, 2.75) is 32.5 Å². The number of amides is 3. The molecule has 4 rings (SSSR count). The highest BCUT2D eigenvalue weighted by molar-refractivity contribution is 8.18. The van der Waals surface area contributed by atoms with Crippen LogP contribution in [0.15, 0.2) is 65.6 Å². The number of hydrogen-bond donors (Lipinski definition) is 1. The number of alkyl halides is 3. The van der Waals surface area contributed by atoms with E-state index in [1.54, 1.807) is 36.4 Å². The Bertz CT molecular complexity index is 1530. The van der Waals surface area contributed by atoms with Crippen molar-refractivity contribution in [2.75, 3.05) is 19.0 Å². The summed E-state index contributed by atoms with van der Waals surface area (Å²) in [5.41, 5.74) is 0.258. The maximum atomic E-state index is 13.0. The number of rotatable bonds is 10. The number of benzene rings is 3. The van der Waals surface area contributed by atoms with E-state index in [2.05, 4.69) is 12.2 Å². The van der Waals surface area contributed by atoms with Crippen LogP contribution in [-0.4, -0.2) is 35.7 Å². The molecule has 220 valence electrons. The first-order valence-electron chi connectivity index (χ1n) is 12.8. The molecule has 1 aliphatic rings. The quantitative estimate of drug-likeness (QED) is 0.183. The van der Waals surface area contributed by atoms with Crippen LogP contribution in [0.25, 0.3) is 6.08 Å². The molecule has 0 bridgehead atoms. The minimum absolute atomic E-state index is 0.0309. The van der Waals surface area contributed by atoms with Crippen LogP contribution in [0.1, 0.15) is 46.8 Å². The summed E-state index contributed by atoms with van der Waals surface area (Å²) in [4.78, 5) is 39.7. The molecule has 1 N–H and O–H groups in total. The van der Waals surface area contributed by atoms with Gasteiger partial charge in [0.25, 0.3) is 17.1 Å². The second-order valence-electron chi connectivity index (χ2n) is 9.22. The summed E-state index contributed by atoms with van der Waals surface area (Å²) in [6.45, 7) is 2.59. The fourth-order valence-corrected chi connectivity index (χ4v) is 4.95. The number of carbonyl (C=O) groups is 3. The topological polar surface area (TPSA) is 84.9 Å². The zero-order valence-corrected chi connectivity index (χ0v) is 24.2. The number of nitrogens with zero attached hydrogens (tertiary/aromatic N) is 1. The number of ether oxygens (including phenoxy) is 2. The lowest BCUT2D eigenvalue weighted by molar-refractivity contribution is -0.137. The third-order valence-corrected chi connectivity index (χ3v) is 7.45. The van der Waals surface area contributed by atoms with E-state index in [0.717, 1.165) is 47.7 Å². The minimum Gasteiger partial charge on any atom is -0.493 e. The van der Waals surface area contributed by atoms with E-state index in [-0.39, 0.29) is 27.7 Å². The summed E-state index contributed by atoms with van der Waals surface area (Å²) in [5, 5.41) is 1.89. The lowest BCUT2D eigenvalue weighted by Crippen LogP contribution is -2.27. The van der Waals surface area contributed by atoms with Gasteiger partial charge in [0.1, 0.15) is 0 Å². The molecule has 3 aromatic carbocycles. The van der Waals surface area contributed by atoms with Gasteiger partial charge in [0.05, 0.1) is 41.4 Å². The van der Waals surface area contributed by atoms with Crippen LogP contribution in [0.5, 0.6) is 11.5 Å². The van der Waals surface area contributed by atoms with Crippen molar-refractivity contribution in [1.82, 2.24) is 4.90 Å². The normalized spacial score (nSPS) is 14.4. The van der Waals surface area contributed by atoms with Crippen LogP contribution in [0.4, 0.5) is 23.7 Å². The summed E-state index contributed by atoms with van der Waals surface area (Å²) in [7, 11) is 1.52. The molecule has 7 nitrogen and oxygen atoms in total. The largest absolute Gasteiger partial charge is 0.493 e. The van der Waals surface area contributed by atoms with Gasteiger partial charge in [0.15, 0.2) is 11.5 Å².